The van der Waals surface area contributed by atoms with Crippen LogP contribution in [-0.2, 0) is 9.59 Å². The van der Waals surface area contributed by atoms with Crippen LogP contribution in [0.3, 0.4) is 0 Å². The highest BCUT2D eigenvalue weighted by Crippen LogP contribution is 2.36. The maximum absolute atomic E-state index is 13.3. The van der Waals surface area contributed by atoms with Crippen LogP contribution in [0.1, 0.15) is 219 Å². The van der Waals surface area contributed by atoms with Gasteiger partial charge < -0.3 is 20.4 Å². The Morgan fingerprint density at radius 3 is 0.745 bits per heavy atom. The molecular weight excluding hydrogens is 588 g/mol. The van der Waals surface area contributed by atoms with Crippen molar-refractivity contribution in [3.63, 3.8) is 0 Å². The van der Waals surface area contributed by atoms with Crippen LogP contribution >= 0.6 is 0 Å². The van der Waals surface area contributed by atoms with Gasteiger partial charge in [0.2, 0.25) is 0 Å². The Labute approximate surface area is 291 Å². The first-order valence-corrected chi connectivity index (χ1v) is 20.5. The van der Waals surface area contributed by atoms with E-state index < -0.39 is 42.4 Å². The van der Waals surface area contributed by atoms with Crippen LogP contribution in [0.25, 0.3) is 0 Å². The molecule has 0 aliphatic rings. The Balaban J connectivity index is 4.29. The number of ketones is 2. The second kappa shape index (κ2) is 32.4. The zero-order valence-electron chi connectivity index (χ0n) is 31.4. The fraction of sp³-hybridized carbons (Fsp3) is 0.951. The molecule has 0 atom stereocenters. The van der Waals surface area contributed by atoms with Gasteiger partial charge in [-0.2, -0.15) is 0 Å². The summed E-state index contributed by atoms with van der Waals surface area (Å²) in [5.41, 5.74) is -4.55. The predicted molar refractivity (Wildman–Crippen MR) is 198 cm³/mol. The summed E-state index contributed by atoms with van der Waals surface area (Å²) < 4.78 is 0. The Morgan fingerprint density at radius 1 is 0.362 bits per heavy atom. The van der Waals surface area contributed by atoms with Crippen LogP contribution in [0.15, 0.2) is 0 Å². The molecule has 0 fully saturated rings. The molecule has 0 aromatic rings. The summed E-state index contributed by atoms with van der Waals surface area (Å²) >= 11 is 0. The summed E-state index contributed by atoms with van der Waals surface area (Å²) in [5.74, 6) is -1.37. The highest BCUT2D eigenvalue weighted by molar-refractivity contribution is 6.11. The van der Waals surface area contributed by atoms with Crippen molar-refractivity contribution in [2.24, 2.45) is 5.41 Å². The molecule has 0 spiro atoms. The van der Waals surface area contributed by atoms with Crippen LogP contribution in [0.4, 0.5) is 0 Å². The lowest BCUT2D eigenvalue weighted by atomic mass is 9.66. The van der Waals surface area contributed by atoms with E-state index in [1.54, 1.807) is 0 Å². The molecule has 47 heavy (non-hydrogen) atoms. The van der Waals surface area contributed by atoms with Gasteiger partial charge in [0, 0.05) is 12.8 Å². The van der Waals surface area contributed by atoms with Crippen molar-refractivity contribution >= 4 is 11.6 Å². The Bertz CT molecular complexity index is 650. The monoisotopic (exact) mass is 669 g/mol. The van der Waals surface area contributed by atoms with E-state index in [-0.39, 0.29) is 12.8 Å². The fourth-order valence-corrected chi connectivity index (χ4v) is 6.92. The number of hydrogen-bond donors (Lipinski definition) is 4. The van der Waals surface area contributed by atoms with Gasteiger partial charge in [-0.05, 0) is 12.8 Å². The highest BCUT2D eigenvalue weighted by Gasteiger charge is 2.58. The zero-order valence-corrected chi connectivity index (χ0v) is 31.4. The highest BCUT2D eigenvalue weighted by atomic mass is 16.3. The molecule has 4 N–H and O–H groups in total. The largest absolute Gasteiger partial charge is 0.395 e. The average molecular weight is 669 g/mol. The quantitative estimate of drug-likeness (QED) is 0.0384. The van der Waals surface area contributed by atoms with E-state index in [9.17, 15) is 30.0 Å². The molecule has 280 valence electrons. The van der Waals surface area contributed by atoms with E-state index in [1.807, 2.05) is 0 Å². The van der Waals surface area contributed by atoms with E-state index in [0.717, 1.165) is 38.5 Å². The number of hydrogen-bond acceptors (Lipinski definition) is 6. The summed E-state index contributed by atoms with van der Waals surface area (Å²) in [5, 5.41) is 41.6. The Kier molecular flexibility index (Phi) is 31.8. The number of Topliss-reactive ketones (excluding diaryl/α,β-unsaturated/α-hetero) is 2. The lowest BCUT2D eigenvalue weighted by Crippen LogP contribution is -2.64. The third-order valence-electron chi connectivity index (χ3n) is 10.5. The van der Waals surface area contributed by atoms with Crippen molar-refractivity contribution in [2.75, 3.05) is 19.8 Å². The number of carbonyl (C=O) groups is 2. The minimum absolute atomic E-state index is 0.00109. The van der Waals surface area contributed by atoms with E-state index in [2.05, 4.69) is 13.8 Å². The van der Waals surface area contributed by atoms with Gasteiger partial charge in [-0.25, -0.2) is 0 Å². The van der Waals surface area contributed by atoms with Crippen molar-refractivity contribution < 1.29 is 30.0 Å². The smallest absolute Gasteiger partial charge is 0.193 e. The van der Waals surface area contributed by atoms with E-state index in [0.29, 0.717) is 12.8 Å². The maximum atomic E-state index is 13.3. The molecule has 0 aromatic heterocycles. The first-order valence-electron chi connectivity index (χ1n) is 20.5. The van der Waals surface area contributed by atoms with Gasteiger partial charge in [0.25, 0.3) is 0 Å². The van der Waals surface area contributed by atoms with Crippen LogP contribution in [0.2, 0.25) is 0 Å². The van der Waals surface area contributed by atoms with Gasteiger partial charge in [-0.1, -0.05) is 194 Å². The summed E-state index contributed by atoms with van der Waals surface area (Å²) in [7, 11) is 0. The van der Waals surface area contributed by atoms with Gasteiger partial charge in [-0.3, -0.25) is 9.59 Å². The fourth-order valence-electron chi connectivity index (χ4n) is 6.92. The number of unbranched alkanes of at least 4 members (excludes halogenated alkanes) is 28. The number of aliphatic hydroxyl groups excluding tert-OH is 3. The zero-order chi connectivity index (χ0) is 34.9. The first kappa shape index (κ1) is 46.2. The van der Waals surface area contributed by atoms with Crippen molar-refractivity contribution in [3.8, 4) is 0 Å². The number of rotatable bonds is 38. The lowest BCUT2D eigenvalue weighted by Gasteiger charge is -2.41. The first-order chi connectivity index (χ1) is 22.9. The number of carbonyl (C=O) groups excluding carboxylic acids is 2. The van der Waals surface area contributed by atoms with Crippen LogP contribution in [-0.4, -0.2) is 57.4 Å². The Morgan fingerprint density at radius 2 is 0.553 bits per heavy atom. The minimum atomic E-state index is -2.57. The van der Waals surface area contributed by atoms with Crippen molar-refractivity contribution in [2.45, 2.75) is 225 Å². The molecule has 6 heteroatoms. The average Bonchev–Trinajstić information content (AvgIpc) is 3.08. The van der Waals surface area contributed by atoms with Crippen molar-refractivity contribution in [3.05, 3.63) is 0 Å². The SMILES string of the molecule is CCCCCCCCCCCCCCCCCC(=O)C(O)(C(=O)CCCCCCCCCCCCCCCCC)C(CO)(CO)CO. The third kappa shape index (κ3) is 21.1. The molecule has 0 bridgehead atoms. The molecule has 0 heterocycles. The van der Waals surface area contributed by atoms with Gasteiger partial charge in [0.05, 0.1) is 25.2 Å². The molecule has 0 rings (SSSR count). The maximum Gasteiger partial charge on any atom is 0.193 e. The van der Waals surface area contributed by atoms with Gasteiger partial charge in [0.1, 0.15) is 0 Å². The molecule has 0 saturated carbocycles. The molecule has 0 aliphatic carbocycles. The lowest BCUT2D eigenvalue weighted by molar-refractivity contribution is -0.183. The van der Waals surface area contributed by atoms with Crippen LogP contribution in [0.5, 0.6) is 0 Å². The minimum Gasteiger partial charge on any atom is -0.395 e. The van der Waals surface area contributed by atoms with Gasteiger partial charge >= 0.3 is 0 Å². The van der Waals surface area contributed by atoms with Crippen LogP contribution < -0.4 is 0 Å². The topological polar surface area (TPSA) is 115 Å². The standard InChI is InChI=1S/C41H80O6/c1-3-5-7-9-11-13-15-17-19-21-23-25-27-29-31-33-38(45)41(47,40(35-42,36-43)37-44)39(46)34-32-30-28-26-24-22-20-18-16-14-12-10-8-6-4-2/h42-44,47H,3-37H2,1-2H3. The van der Waals surface area contributed by atoms with E-state index in [4.69, 9.17) is 0 Å². The molecule has 0 amide bonds. The molecule has 0 aliphatic heterocycles. The molecule has 6 nitrogen and oxygen atoms in total. The van der Waals surface area contributed by atoms with Crippen molar-refractivity contribution in [1.82, 2.24) is 0 Å². The number of aliphatic hydroxyl groups is 4. The van der Waals surface area contributed by atoms with Crippen LogP contribution in [0, 0.1) is 5.41 Å². The molecular formula is C41H80O6. The summed E-state index contributed by atoms with van der Waals surface area (Å²) in [4.78, 5) is 26.6. The van der Waals surface area contributed by atoms with E-state index >= 15 is 0 Å². The van der Waals surface area contributed by atoms with Gasteiger partial charge in [0.15, 0.2) is 17.2 Å². The normalized spacial score (nSPS) is 12.2. The molecule has 0 radical (unpaired) electrons. The van der Waals surface area contributed by atoms with E-state index in [1.165, 1.54) is 141 Å². The molecule has 0 unspecified atom stereocenters. The van der Waals surface area contributed by atoms with Crippen molar-refractivity contribution in [1.29, 1.82) is 0 Å². The summed E-state index contributed by atoms with van der Waals surface area (Å²) in [6.07, 6.45) is 36.0. The Hall–Kier alpha value is -0.820. The molecule has 0 aromatic carbocycles. The summed E-state index contributed by atoms with van der Waals surface area (Å²) in [6, 6.07) is 0. The molecule has 0 saturated heterocycles. The second-order valence-corrected chi connectivity index (χ2v) is 14.7. The summed E-state index contributed by atoms with van der Waals surface area (Å²) in [6.45, 7) is 1.98. The third-order valence-corrected chi connectivity index (χ3v) is 10.5. The van der Waals surface area contributed by atoms with Gasteiger partial charge in [-0.15, -0.1) is 0 Å². The second-order valence-electron chi connectivity index (χ2n) is 14.7. The predicted octanol–water partition coefficient (Wildman–Crippen LogP) is 10.3.